The van der Waals surface area contributed by atoms with Crippen molar-refractivity contribution in [3.05, 3.63) is 0 Å². The molecule has 1 fully saturated rings. The van der Waals surface area contributed by atoms with Crippen LogP contribution in [0.25, 0.3) is 0 Å². The number of carbonyl (C=O) groups excluding carboxylic acids is 2. The summed E-state index contributed by atoms with van der Waals surface area (Å²) < 4.78 is 5.39. The molecule has 0 aromatic carbocycles. The van der Waals surface area contributed by atoms with Gasteiger partial charge in [-0.3, -0.25) is 0 Å². The van der Waals surface area contributed by atoms with Gasteiger partial charge in [0.15, 0.2) is 0 Å². The van der Waals surface area contributed by atoms with E-state index in [-0.39, 0.29) is 24.2 Å². The number of ether oxygens (including phenoxy) is 1. The maximum atomic E-state index is 12.1. The Kier molecular flexibility index (Phi) is 4.89. The molecule has 0 N–H and O–H groups in total. The molecule has 1 heterocycles. The van der Waals surface area contributed by atoms with E-state index in [2.05, 4.69) is 0 Å². The molecule has 1 aliphatic rings. The van der Waals surface area contributed by atoms with Crippen LogP contribution in [0.2, 0.25) is 0 Å². The van der Waals surface area contributed by atoms with E-state index in [9.17, 15) is 9.59 Å². The lowest BCUT2D eigenvalue weighted by Gasteiger charge is -2.45. The monoisotopic (exact) mass is 285 g/mol. The molecule has 20 heavy (non-hydrogen) atoms. The molecule has 1 rings (SSSR count). The number of nitrogens with zero attached hydrogens (tertiary/aromatic N) is 3. The summed E-state index contributed by atoms with van der Waals surface area (Å²) in [6.07, 6.45) is -0.312. The van der Waals surface area contributed by atoms with Gasteiger partial charge < -0.3 is 19.4 Å². The van der Waals surface area contributed by atoms with Crippen LogP contribution in [0.3, 0.4) is 0 Å². The molecular weight excluding hydrogens is 258 g/mol. The van der Waals surface area contributed by atoms with Crippen molar-refractivity contribution >= 4 is 12.1 Å². The van der Waals surface area contributed by atoms with Gasteiger partial charge in [-0.1, -0.05) is 0 Å². The Balaban J connectivity index is 2.73. The second-order valence-corrected chi connectivity index (χ2v) is 6.67. The third-order valence-corrected chi connectivity index (χ3v) is 3.17. The zero-order valence-electron chi connectivity index (χ0n) is 13.6. The number of piperazine rings is 1. The van der Waals surface area contributed by atoms with Crippen molar-refractivity contribution in [2.75, 3.05) is 27.2 Å². The van der Waals surface area contributed by atoms with Crippen molar-refractivity contribution in [3.63, 3.8) is 0 Å². The summed E-state index contributed by atoms with van der Waals surface area (Å²) in [7, 11) is 3.48. The number of hydrogen-bond acceptors (Lipinski definition) is 3. The quantitative estimate of drug-likeness (QED) is 0.684. The zero-order valence-corrected chi connectivity index (χ0v) is 13.6. The van der Waals surface area contributed by atoms with Gasteiger partial charge in [-0.05, 0) is 34.6 Å². The van der Waals surface area contributed by atoms with E-state index >= 15 is 0 Å². The minimum Gasteiger partial charge on any atom is -0.444 e. The van der Waals surface area contributed by atoms with Crippen molar-refractivity contribution in [2.45, 2.75) is 52.3 Å². The normalized spacial score (nSPS) is 23.6. The molecule has 0 aromatic rings. The predicted octanol–water partition coefficient (Wildman–Crippen LogP) is 2.00. The van der Waals surface area contributed by atoms with Crippen LogP contribution >= 0.6 is 0 Å². The first-order valence-corrected chi connectivity index (χ1v) is 7.00. The third kappa shape index (κ3) is 4.02. The van der Waals surface area contributed by atoms with Crippen LogP contribution in [0, 0.1) is 0 Å². The Morgan fingerprint density at radius 3 is 1.90 bits per heavy atom. The van der Waals surface area contributed by atoms with Crippen LogP contribution in [0.4, 0.5) is 9.59 Å². The average Bonchev–Trinajstić information content (AvgIpc) is 2.25. The second kappa shape index (κ2) is 5.89. The number of hydrogen-bond donors (Lipinski definition) is 0. The summed E-state index contributed by atoms with van der Waals surface area (Å²) in [6.45, 7) is 10.5. The van der Waals surface area contributed by atoms with Gasteiger partial charge in [0.1, 0.15) is 5.60 Å². The molecule has 0 bridgehead atoms. The molecule has 116 valence electrons. The molecule has 6 heteroatoms. The number of amides is 3. The van der Waals surface area contributed by atoms with Crippen LogP contribution in [0.5, 0.6) is 0 Å². The van der Waals surface area contributed by atoms with Crippen molar-refractivity contribution in [3.8, 4) is 0 Å². The van der Waals surface area contributed by atoms with Crippen LogP contribution in [-0.4, -0.2) is 71.7 Å². The van der Waals surface area contributed by atoms with Crippen molar-refractivity contribution in [1.29, 1.82) is 0 Å². The molecule has 0 spiro atoms. The van der Waals surface area contributed by atoms with E-state index in [1.807, 2.05) is 39.5 Å². The Bertz CT molecular complexity index is 364. The Hall–Kier alpha value is -1.46. The highest BCUT2D eigenvalue weighted by Crippen LogP contribution is 2.19. The van der Waals surface area contributed by atoms with Gasteiger partial charge in [0.05, 0.1) is 0 Å². The molecule has 0 saturated carbocycles. The lowest BCUT2D eigenvalue weighted by Crippen LogP contribution is -2.61. The van der Waals surface area contributed by atoms with Gasteiger partial charge in [0, 0.05) is 39.3 Å². The molecular formula is C14H27N3O3. The standard InChI is InChI=1S/C14H27N3O3/c1-10-8-16(13(19)20-14(3,4)5)9-11(2)17(10)12(18)15(6)7/h10-11H,8-9H2,1-7H3/t10-,11?/m0/s1. The van der Waals surface area contributed by atoms with Crippen LogP contribution in [-0.2, 0) is 4.74 Å². The smallest absolute Gasteiger partial charge is 0.410 e. The summed E-state index contributed by atoms with van der Waals surface area (Å²) in [4.78, 5) is 29.3. The van der Waals surface area contributed by atoms with E-state index < -0.39 is 5.60 Å². The minimum atomic E-state index is -0.500. The van der Waals surface area contributed by atoms with Crippen LogP contribution in [0.15, 0.2) is 0 Å². The fraction of sp³-hybridized carbons (Fsp3) is 0.857. The fourth-order valence-corrected chi connectivity index (χ4v) is 2.41. The minimum absolute atomic E-state index is 0.0196. The summed E-state index contributed by atoms with van der Waals surface area (Å²) in [6, 6.07) is -0.0730. The Labute approximate surface area is 121 Å². The van der Waals surface area contributed by atoms with E-state index in [1.165, 1.54) is 0 Å². The van der Waals surface area contributed by atoms with Gasteiger partial charge >= 0.3 is 12.1 Å². The summed E-state index contributed by atoms with van der Waals surface area (Å²) in [5.41, 5.74) is -0.500. The predicted molar refractivity (Wildman–Crippen MR) is 77.7 cm³/mol. The summed E-state index contributed by atoms with van der Waals surface area (Å²) in [5.74, 6) is 0. The molecule has 1 unspecified atom stereocenters. The van der Waals surface area contributed by atoms with Gasteiger partial charge in [0.2, 0.25) is 0 Å². The van der Waals surface area contributed by atoms with Gasteiger partial charge in [-0.25, -0.2) is 9.59 Å². The number of urea groups is 1. The molecule has 1 saturated heterocycles. The highest BCUT2D eigenvalue weighted by molar-refractivity contribution is 5.75. The zero-order chi connectivity index (χ0) is 15.7. The van der Waals surface area contributed by atoms with E-state index in [0.717, 1.165) is 0 Å². The third-order valence-electron chi connectivity index (χ3n) is 3.17. The van der Waals surface area contributed by atoms with E-state index in [0.29, 0.717) is 13.1 Å². The van der Waals surface area contributed by atoms with Crippen molar-refractivity contribution in [2.24, 2.45) is 0 Å². The molecule has 6 nitrogen and oxygen atoms in total. The largest absolute Gasteiger partial charge is 0.444 e. The first-order valence-electron chi connectivity index (χ1n) is 7.00. The fourth-order valence-electron chi connectivity index (χ4n) is 2.41. The first kappa shape index (κ1) is 16.6. The Morgan fingerprint density at radius 1 is 1.10 bits per heavy atom. The van der Waals surface area contributed by atoms with Gasteiger partial charge in [-0.2, -0.15) is 0 Å². The average molecular weight is 285 g/mol. The first-order chi connectivity index (χ1) is 9.03. The Morgan fingerprint density at radius 2 is 1.55 bits per heavy atom. The highest BCUT2D eigenvalue weighted by atomic mass is 16.6. The molecule has 3 amide bonds. The molecule has 0 aromatic heterocycles. The second-order valence-electron chi connectivity index (χ2n) is 6.67. The van der Waals surface area contributed by atoms with Crippen molar-refractivity contribution < 1.29 is 14.3 Å². The highest BCUT2D eigenvalue weighted by Gasteiger charge is 2.36. The molecule has 1 aliphatic heterocycles. The topological polar surface area (TPSA) is 53.1 Å². The van der Waals surface area contributed by atoms with Crippen LogP contribution < -0.4 is 0 Å². The number of carbonyl (C=O) groups is 2. The van der Waals surface area contributed by atoms with E-state index in [1.54, 1.807) is 23.9 Å². The SMILES string of the molecule is CC1CN(C(=O)OC(C)(C)C)C[C@H](C)N1C(=O)N(C)C. The maximum Gasteiger partial charge on any atom is 0.410 e. The maximum absolute atomic E-state index is 12.1. The molecule has 0 aliphatic carbocycles. The van der Waals surface area contributed by atoms with Crippen molar-refractivity contribution in [1.82, 2.24) is 14.7 Å². The van der Waals surface area contributed by atoms with Gasteiger partial charge in [0.25, 0.3) is 0 Å². The van der Waals surface area contributed by atoms with Gasteiger partial charge in [-0.15, -0.1) is 0 Å². The molecule has 2 atom stereocenters. The van der Waals surface area contributed by atoms with Crippen LogP contribution in [0.1, 0.15) is 34.6 Å². The lowest BCUT2D eigenvalue weighted by atomic mass is 10.1. The summed E-state index contributed by atoms with van der Waals surface area (Å²) in [5, 5.41) is 0. The number of rotatable bonds is 0. The lowest BCUT2D eigenvalue weighted by molar-refractivity contribution is -0.000996. The molecule has 0 radical (unpaired) electrons. The summed E-state index contributed by atoms with van der Waals surface area (Å²) >= 11 is 0. The van der Waals surface area contributed by atoms with E-state index in [4.69, 9.17) is 4.74 Å².